The Bertz CT molecular complexity index is 312. The zero-order chi connectivity index (χ0) is 14.0. The lowest BCUT2D eigenvalue weighted by molar-refractivity contribution is -0.128. The number of amides is 2. The van der Waals surface area contributed by atoms with E-state index in [4.69, 9.17) is 5.73 Å². The molecule has 0 aromatic carbocycles. The van der Waals surface area contributed by atoms with Gasteiger partial charge < -0.3 is 26.0 Å². The molecule has 0 aliphatic heterocycles. The second-order valence-corrected chi connectivity index (χ2v) is 3.92. The molecule has 0 aromatic rings. The quantitative estimate of drug-likeness (QED) is 0.310. The molecule has 0 saturated carbocycles. The Morgan fingerprint density at radius 2 is 1.95 bits per heavy atom. The molecule has 7 nitrogen and oxygen atoms in total. The summed E-state index contributed by atoms with van der Waals surface area (Å²) in [5.74, 6) is -0.770. The second-order valence-electron chi connectivity index (χ2n) is 3.55. The van der Waals surface area contributed by atoms with Crippen molar-refractivity contribution in [2.45, 2.75) is 32.4 Å². The predicted molar refractivity (Wildman–Crippen MR) is 74.9 cm³/mol. The third kappa shape index (κ3) is 9.20. The van der Waals surface area contributed by atoms with Crippen LogP contribution in [0.4, 0.5) is 0 Å². The molecular formula is C11H21N3O4S. The first kappa shape index (κ1) is 19.9. The summed E-state index contributed by atoms with van der Waals surface area (Å²) in [5, 5.41) is 4.75. The molecule has 8 heteroatoms. The molecule has 19 heavy (non-hydrogen) atoms. The molecule has 2 unspecified atom stereocenters. The summed E-state index contributed by atoms with van der Waals surface area (Å²) in [7, 11) is 0. The summed E-state index contributed by atoms with van der Waals surface area (Å²) in [4.78, 5) is 43.2. The number of rotatable bonds is 9. The molecule has 0 heterocycles. The summed E-state index contributed by atoms with van der Waals surface area (Å²) in [5.41, 5.74) is 5.33. The van der Waals surface area contributed by atoms with Gasteiger partial charge in [-0.2, -0.15) is 12.6 Å². The SMILES string of the molecule is C.NC(C=O)CCC(=O)NC(CS)C(=O)NCC=O. The monoisotopic (exact) mass is 291 g/mol. The van der Waals surface area contributed by atoms with E-state index in [1.807, 2.05) is 0 Å². The number of nitrogens with two attached hydrogens (primary N) is 1. The van der Waals surface area contributed by atoms with Crippen LogP contribution < -0.4 is 16.4 Å². The Kier molecular flexibility index (Phi) is 12.2. The van der Waals surface area contributed by atoms with Crippen molar-refractivity contribution in [3.05, 3.63) is 0 Å². The van der Waals surface area contributed by atoms with Gasteiger partial charge in [-0.3, -0.25) is 9.59 Å². The molecule has 0 fully saturated rings. The van der Waals surface area contributed by atoms with Gasteiger partial charge in [0.25, 0.3) is 0 Å². The highest BCUT2D eigenvalue weighted by Gasteiger charge is 2.18. The first-order valence-corrected chi connectivity index (χ1v) is 6.00. The Morgan fingerprint density at radius 1 is 1.32 bits per heavy atom. The number of carbonyl (C=O) groups excluding carboxylic acids is 4. The summed E-state index contributed by atoms with van der Waals surface area (Å²) >= 11 is 3.93. The van der Waals surface area contributed by atoms with Gasteiger partial charge in [0.05, 0.1) is 12.6 Å². The van der Waals surface area contributed by atoms with Crippen molar-refractivity contribution in [1.82, 2.24) is 10.6 Å². The standard InChI is InChI=1S/C10H17N3O4S.CH4/c11-7(5-15)1-2-9(16)13-8(6-18)10(17)12-3-4-14;/h4-5,7-8,18H,1-3,6,11H2,(H,12,17)(H,13,16);1H4. The van der Waals surface area contributed by atoms with Crippen LogP contribution in [0.2, 0.25) is 0 Å². The molecule has 0 aliphatic rings. The Hall–Kier alpha value is -1.41. The van der Waals surface area contributed by atoms with E-state index in [0.29, 0.717) is 12.6 Å². The highest BCUT2D eigenvalue weighted by Crippen LogP contribution is 1.95. The van der Waals surface area contributed by atoms with E-state index in [1.54, 1.807) is 0 Å². The molecule has 2 amide bonds. The van der Waals surface area contributed by atoms with Crippen molar-refractivity contribution in [2.24, 2.45) is 5.73 Å². The predicted octanol–water partition coefficient (Wildman–Crippen LogP) is -1.34. The van der Waals surface area contributed by atoms with Gasteiger partial charge >= 0.3 is 0 Å². The zero-order valence-corrected chi connectivity index (χ0v) is 10.7. The van der Waals surface area contributed by atoms with Crippen LogP contribution in [0.1, 0.15) is 20.3 Å². The lowest BCUT2D eigenvalue weighted by atomic mass is 10.2. The van der Waals surface area contributed by atoms with Gasteiger partial charge in [-0.05, 0) is 6.42 Å². The Morgan fingerprint density at radius 3 is 2.42 bits per heavy atom. The normalized spacial score (nSPS) is 12.5. The highest BCUT2D eigenvalue weighted by atomic mass is 32.1. The largest absolute Gasteiger partial charge is 0.348 e. The Balaban J connectivity index is 0. The van der Waals surface area contributed by atoms with Crippen molar-refractivity contribution >= 4 is 37.0 Å². The lowest BCUT2D eigenvalue weighted by Gasteiger charge is -2.15. The molecule has 110 valence electrons. The third-order valence-electron chi connectivity index (χ3n) is 2.07. The molecule has 0 rings (SSSR count). The van der Waals surface area contributed by atoms with Gasteiger partial charge in [0.2, 0.25) is 11.8 Å². The van der Waals surface area contributed by atoms with Gasteiger partial charge in [0.1, 0.15) is 18.6 Å². The van der Waals surface area contributed by atoms with E-state index in [1.165, 1.54) is 0 Å². The molecule has 4 N–H and O–H groups in total. The minimum Gasteiger partial charge on any atom is -0.348 e. The molecule has 0 spiro atoms. The second kappa shape index (κ2) is 11.7. The van der Waals surface area contributed by atoms with Crippen LogP contribution >= 0.6 is 12.6 Å². The molecule has 2 atom stereocenters. The van der Waals surface area contributed by atoms with E-state index in [0.717, 1.165) is 0 Å². The Labute approximate surface area is 118 Å². The number of carbonyl (C=O) groups is 4. The van der Waals surface area contributed by atoms with Gasteiger partial charge in [0, 0.05) is 12.2 Å². The summed E-state index contributed by atoms with van der Waals surface area (Å²) in [6.07, 6.45) is 1.36. The van der Waals surface area contributed by atoms with Crippen LogP contribution in [0.15, 0.2) is 0 Å². The lowest BCUT2D eigenvalue weighted by Crippen LogP contribution is -2.48. The van der Waals surface area contributed by atoms with E-state index < -0.39 is 23.9 Å². The third-order valence-corrected chi connectivity index (χ3v) is 2.44. The van der Waals surface area contributed by atoms with Crippen LogP contribution in [-0.2, 0) is 19.2 Å². The van der Waals surface area contributed by atoms with Crippen molar-refractivity contribution in [2.75, 3.05) is 12.3 Å². The van der Waals surface area contributed by atoms with E-state index in [9.17, 15) is 19.2 Å². The molecule has 0 saturated heterocycles. The summed E-state index contributed by atoms with van der Waals surface area (Å²) in [6.45, 7) is -0.116. The first-order chi connectivity index (χ1) is 8.54. The highest BCUT2D eigenvalue weighted by molar-refractivity contribution is 7.80. The van der Waals surface area contributed by atoms with Crippen molar-refractivity contribution < 1.29 is 19.2 Å². The van der Waals surface area contributed by atoms with Crippen LogP contribution in [0.3, 0.4) is 0 Å². The van der Waals surface area contributed by atoms with Crippen molar-refractivity contribution in [1.29, 1.82) is 0 Å². The van der Waals surface area contributed by atoms with Crippen LogP contribution in [-0.4, -0.2) is 48.8 Å². The molecule has 0 aliphatic carbocycles. The maximum absolute atomic E-state index is 11.4. The first-order valence-electron chi connectivity index (χ1n) is 5.37. The smallest absolute Gasteiger partial charge is 0.243 e. The molecular weight excluding hydrogens is 270 g/mol. The number of aldehydes is 2. The average molecular weight is 291 g/mol. The van der Waals surface area contributed by atoms with Crippen LogP contribution in [0.25, 0.3) is 0 Å². The fourth-order valence-corrected chi connectivity index (χ4v) is 1.35. The minimum atomic E-state index is -0.812. The van der Waals surface area contributed by atoms with Gasteiger partial charge in [-0.15, -0.1) is 0 Å². The number of hydrogen-bond acceptors (Lipinski definition) is 6. The van der Waals surface area contributed by atoms with E-state index in [2.05, 4.69) is 23.3 Å². The fourth-order valence-electron chi connectivity index (χ4n) is 1.09. The van der Waals surface area contributed by atoms with Crippen molar-refractivity contribution in [3.8, 4) is 0 Å². The van der Waals surface area contributed by atoms with Gasteiger partial charge in [-0.1, -0.05) is 7.43 Å². The van der Waals surface area contributed by atoms with Gasteiger partial charge in [0.15, 0.2) is 0 Å². The maximum atomic E-state index is 11.4. The zero-order valence-electron chi connectivity index (χ0n) is 9.80. The fraction of sp³-hybridized carbons (Fsp3) is 0.636. The molecule has 0 radical (unpaired) electrons. The van der Waals surface area contributed by atoms with Crippen LogP contribution in [0, 0.1) is 0 Å². The summed E-state index contributed by atoms with van der Waals surface area (Å²) in [6, 6.07) is -1.50. The maximum Gasteiger partial charge on any atom is 0.243 e. The number of thiol groups is 1. The van der Waals surface area contributed by atoms with Gasteiger partial charge in [-0.25, -0.2) is 0 Å². The molecule has 0 aromatic heterocycles. The molecule has 0 bridgehead atoms. The van der Waals surface area contributed by atoms with E-state index >= 15 is 0 Å². The topological polar surface area (TPSA) is 118 Å². The minimum absolute atomic E-state index is 0. The summed E-state index contributed by atoms with van der Waals surface area (Å²) < 4.78 is 0. The van der Waals surface area contributed by atoms with E-state index in [-0.39, 0.29) is 32.6 Å². The van der Waals surface area contributed by atoms with Crippen molar-refractivity contribution in [3.63, 3.8) is 0 Å². The van der Waals surface area contributed by atoms with Crippen LogP contribution in [0.5, 0.6) is 0 Å². The number of nitrogens with one attached hydrogen (secondary N) is 2. The number of hydrogen-bond donors (Lipinski definition) is 4. The average Bonchev–Trinajstić information content (AvgIpc) is 2.39.